The molecule has 0 aromatic heterocycles. The molecule has 0 bridgehead atoms. The Balaban J connectivity index is 3.27. The first-order valence-corrected chi connectivity index (χ1v) is 4.15. The standard InChI is InChI=1S/C7H11BrO/c1-2-4-7(9)5-3-6-8/h2,4H,3,5-6H2,1H3. The van der Waals surface area contributed by atoms with Crippen molar-refractivity contribution >= 4 is 21.7 Å². The van der Waals surface area contributed by atoms with Crippen molar-refractivity contribution in [1.82, 2.24) is 0 Å². The quantitative estimate of drug-likeness (QED) is 0.492. The lowest BCUT2D eigenvalue weighted by Gasteiger charge is -1.88. The first kappa shape index (κ1) is 8.89. The van der Waals surface area contributed by atoms with Crippen molar-refractivity contribution in [3.05, 3.63) is 12.2 Å². The van der Waals surface area contributed by atoms with Crippen molar-refractivity contribution in [3.63, 3.8) is 0 Å². The van der Waals surface area contributed by atoms with Gasteiger partial charge in [0.2, 0.25) is 0 Å². The van der Waals surface area contributed by atoms with E-state index in [1.54, 1.807) is 12.2 Å². The van der Waals surface area contributed by atoms with Crippen LogP contribution in [0.1, 0.15) is 19.8 Å². The SMILES string of the molecule is CC=CC(=O)CCCBr. The van der Waals surface area contributed by atoms with Crippen LogP contribution in [0.3, 0.4) is 0 Å². The van der Waals surface area contributed by atoms with Gasteiger partial charge in [-0.3, -0.25) is 4.79 Å². The van der Waals surface area contributed by atoms with Gasteiger partial charge in [0.25, 0.3) is 0 Å². The van der Waals surface area contributed by atoms with E-state index in [9.17, 15) is 4.79 Å². The molecule has 0 aliphatic rings. The minimum Gasteiger partial charge on any atom is -0.295 e. The van der Waals surface area contributed by atoms with E-state index in [-0.39, 0.29) is 5.78 Å². The van der Waals surface area contributed by atoms with Crippen LogP contribution in [-0.2, 0) is 4.79 Å². The lowest BCUT2D eigenvalue weighted by molar-refractivity contribution is -0.114. The molecule has 0 saturated carbocycles. The minimum atomic E-state index is 0.219. The average Bonchev–Trinajstić information content (AvgIpc) is 1.85. The van der Waals surface area contributed by atoms with Crippen LogP contribution in [0.4, 0.5) is 0 Å². The summed E-state index contributed by atoms with van der Waals surface area (Å²) in [6.07, 6.45) is 4.98. The van der Waals surface area contributed by atoms with Crippen molar-refractivity contribution in [1.29, 1.82) is 0 Å². The van der Waals surface area contributed by atoms with Gasteiger partial charge in [-0.2, -0.15) is 0 Å². The summed E-state index contributed by atoms with van der Waals surface area (Å²) < 4.78 is 0. The van der Waals surface area contributed by atoms with E-state index in [0.29, 0.717) is 6.42 Å². The third-order valence-corrected chi connectivity index (χ3v) is 1.47. The number of carbonyl (C=O) groups excluding carboxylic acids is 1. The molecular formula is C7H11BrO. The molecule has 0 N–H and O–H groups in total. The van der Waals surface area contributed by atoms with Crippen molar-refractivity contribution in [3.8, 4) is 0 Å². The van der Waals surface area contributed by atoms with E-state index in [0.717, 1.165) is 11.8 Å². The minimum absolute atomic E-state index is 0.219. The summed E-state index contributed by atoms with van der Waals surface area (Å²) in [5, 5.41) is 0.913. The first-order chi connectivity index (χ1) is 4.31. The lowest BCUT2D eigenvalue weighted by atomic mass is 10.2. The van der Waals surface area contributed by atoms with Crippen LogP contribution in [0.5, 0.6) is 0 Å². The zero-order valence-electron chi connectivity index (χ0n) is 5.56. The molecule has 2 heteroatoms. The van der Waals surface area contributed by atoms with Gasteiger partial charge in [0, 0.05) is 11.8 Å². The molecule has 0 rings (SSSR count). The van der Waals surface area contributed by atoms with Crippen LogP contribution in [0.2, 0.25) is 0 Å². The van der Waals surface area contributed by atoms with E-state index in [1.807, 2.05) is 6.92 Å². The second kappa shape index (κ2) is 6.02. The Morgan fingerprint density at radius 1 is 1.67 bits per heavy atom. The molecular weight excluding hydrogens is 180 g/mol. The highest BCUT2D eigenvalue weighted by Gasteiger charge is 1.92. The zero-order valence-corrected chi connectivity index (χ0v) is 7.15. The fraction of sp³-hybridized carbons (Fsp3) is 0.571. The molecule has 0 fully saturated rings. The highest BCUT2D eigenvalue weighted by Crippen LogP contribution is 1.95. The van der Waals surface area contributed by atoms with Gasteiger partial charge < -0.3 is 0 Å². The fourth-order valence-corrected chi connectivity index (χ4v) is 0.791. The molecule has 0 unspecified atom stereocenters. The van der Waals surface area contributed by atoms with Gasteiger partial charge in [-0.25, -0.2) is 0 Å². The molecule has 0 atom stereocenters. The first-order valence-electron chi connectivity index (χ1n) is 3.02. The topological polar surface area (TPSA) is 17.1 Å². The van der Waals surface area contributed by atoms with Crippen LogP contribution in [0, 0.1) is 0 Å². The maximum absolute atomic E-state index is 10.7. The second-order valence-corrected chi connectivity index (χ2v) is 2.55. The summed E-state index contributed by atoms with van der Waals surface area (Å²) in [5.74, 6) is 0.219. The molecule has 0 saturated heterocycles. The Kier molecular flexibility index (Phi) is 5.94. The van der Waals surface area contributed by atoms with Crippen LogP contribution in [0.25, 0.3) is 0 Å². The van der Waals surface area contributed by atoms with Gasteiger partial charge in [-0.15, -0.1) is 0 Å². The molecule has 0 heterocycles. The van der Waals surface area contributed by atoms with Gasteiger partial charge in [-0.05, 0) is 19.4 Å². The Labute approximate surface area is 64.3 Å². The molecule has 52 valence electrons. The summed E-state index contributed by atoms with van der Waals surface area (Å²) >= 11 is 3.25. The van der Waals surface area contributed by atoms with Crippen molar-refractivity contribution in [2.75, 3.05) is 5.33 Å². The summed E-state index contributed by atoms with van der Waals surface area (Å²) in [5.41, 5.74) is 0. The van der Waals surface area contributed by atoms with Gasteiger partial charge in [0.05, 0.1) is 0 Å². The zero-order chi connectivity index (χ0) is 7.11. The number of halogens is 1. The fourth-order valence-electron chi connectivity index (χ4n) is 0.510. The number of carbonyl (C=O) groups is 1. The molecule has 0 aromatic carbocycles. The van der Waals surface area contributed by atoms with Crippen molar-refractivity contribution < 1.29 is 4.79 Å². The Morgan fingerprint density at radius 3 is 2.78 bits per heavy atom. The summed E-state index contributed by atoms with van der Waals surface area (Å²) in [4.78, 5) is 10.7. The summed E-state index contributed by atoms with van der Waals surface area (Å²) in [6.45, 7) is 1.85. The number of hydrogen-bond donors (Lipinski definition) is 0. The van der Waals surface area contributed by atoms with Crippen LogP contribution >= 0.6 is 15.9 Å². The predicted molar refractivity (Wildman–Crippen MR) is 42.8 cm³/mol. The predicted octanol–water partition coefficient (Wildman–Crippen LogP) is 2.31. The molecule has 0 aromatic rings. The Hall–Kier alpha value is -0.110. The molecule has 1 nitrogen and oxygen atoms in total. The highest BCUT2D eigenvalue weighted by molar-refractivity contribution is 9.09. The molecule has 0 amide bonds. The van der Waals surface area contributed by atoms with Gasteiger partial charge in [0.15, 0.2) is 5.78 Å². The third kappa shape index (κ3) is 5.77. The number of hydrogen-bond acceptors (Lipinski definition) is 1. The molecule has 0 aliphatic heterocycles. The lowest BCUT2D eigenvalue weighted by Crippen LogP contribution is -1.91. The molecule has 0 radical (unpaired) electrons. The van der Waals surface area contributed by atoms with Crippen LogP contribution in [0.15, 0.2) is 12.2 Å². The largest absolute Gasteiger partial charge is 0.295 e. The van der Waals surface area contributed by atoms with E-state index >= 15 is 0 Å². The Morgan fingerprint density at radius 2 is 2.33 bits per heavy atom. The van der Waals surface area contributed by atoms with Gasteiger partial charge in [-0.1, -0.05) is 22.0 Å². The molecule has 0 aliphatic carbocycles. The number of ketones is 1. The average molecular weight is 191 g/mol. The van der Waals surface area contributed by atoms with E-state index in [1.165, 1.54) is 0 Å². The summed E-state index contributed by atoms with van der Waals surface area (Å²) in [7, 11) is 0. The van der Waals surface area contributed by atoms with E-state index in [4.69, 9.17) is 0 Å². The number of rotatable bonds is 4. The maximum Gasteiger partial charge on any atom is 0.155 e. The maximum atomic E-state index is 10.7. The third-order valence-electron chi connectivity index (χ3n) is 0.909. The van der Waals surface area contributed by atoms with E-state index in [2.05, 4.69) is 15.9 Å². The van der Waals surface area contributed by atoms with Crippen LogP contribution in [-0.4, -0.2) is 11.1 Å². The Bertz CT molecular complexity index is 107. The monoisotopic (exact) mass is 190 g/mol. The molecule has 0 spiro atoms. The number of allylic oxidation sites excluding steroid dienone is 2. The van der Waals surface area contributed by atoms with Crippen LogP contribution < -0.4 is 0 Å². The highest BCUT2D eigenvalue weighted by atomic mass is 79.9. The smallest absolute Gasteiger partial charge is 0.155 e. The van der Waals surface area contributed by atoms with Crippen molar-refractivity contribution in [2.45, 2.75) is 19.8 Å². The number of alkyl halides is 1. The van der Waals surface area contributed by atoms with Gasteiger partial charge >= 0.3 is 0 Å². The normalized spacial score (nSPS) is 10.4. The summed E-state index contributed by atoms with van der Waals surface area (Å²) in [6, 6.07) is 0. The second-order valence-electron chi connectivity index (χ2n) is 1.76. The molecule has 9 heavy (non-hydrogen) atoms. The van der Waals surface area contributed by atoms with Gasteiger partial charge in [0.1, 0.15) is 0 Å². The van der Waals surface area contributed by atoms with E-state index < -0.39 is 0 Å². The van der Waals surface area contributed by atoms with Crippen molar-refractivity contribution in [2.24, 2.45) is 0 Å².